The number of nitrogens with zero attached hydrogens (tertiary/aromatic N) is 1. The van der Waals surface area contributed by atoms with E-state index in [1.165, 1.54) is 7.05 Å². The van der Waals surface area contributed by atoms with Crippen molar-refractivity contribution in [3.63, 3.8) is 0 Å². The fourth-order valence-corrected chi connectivity index (χ4v) is 2.30. The molecule has 0 bridgehead atoms. The van der Waals surface area contributed by atoms with Gasteiger partial charge < -0.3 is 15.3 Å². The number of amides is 1. The van der Waals surface area contributed by atoms with E-state index < -0.39 is 41.2 Å². The molecule has 0 radical (unpaired) electrons. The molecule has 0 saturated carbocycles. The van der Waals surface area contributed by atoms with E-state index in [9.17, 15) is 27.5 Å². The van der Waals surface area contributed by atoms with Crippen LogP contribution in [0.3, 0.4) is 0 Å². The second-order valence-electron chi connectivity index (χ2n) is 4.87. The van der Waals surface area contributed by atoms with E-state index in [-0.39, 0.29) is 6.54 Å². The van der Waals surface area contributed by atoms with Crippen LogP contribution in [0.1, 0.15) is 15.9 Å². The van der Waals surface area contributed by atoms with Crippen LogP contribution in [0.5, 0.6) is 0 Å². The highest BCUT2D eigenvalue weighted by molar-refractivity contribution is 5.94. The molecule has 1 aromatic carbocycles. The Balaban J connectivity index is 2.31. The predicted octanol–water partition coefficient (Wildman–Crippen LogP) is 1.25. The number of aliphatic hydroxyl groups is 1. The number of alkyl halides is 3. The Kier molecular flexibility index (Phi) is 4.20. The fourth-order valence-electron chi connectivity index (χ4n) is 2.30. The summed E-state index contributed by atoms with van der Waals surface area (Å²) in [6.07, 6.45) is -5.71. The summed E-state index contributed by atoms with van der Waals surface area (Å²) in [5.41, 5.74) is -2.14. The van der Waals surface area contributed by atoms with Gasteiger partial charge in [-0.05, 0) is 12.1 Å². The number of hydrogen-bond donors (Lipinski definition) is 2. The third kappa shape index (κ3) is 3.01. The summed E-state index contributed by atoms with van der Waals surface area (Å²) in [4.78, 5) is 13.2. The molecule has 2 N–H and O–H groups in total. The number of nitrogens with one attached hydrogen (secondary N) is 1. The van der Waals surface area contributed by atoms with Crippen LogP contribution in [0, 0.1) is 5.82 Å². The minimum atomic E-state index is -4.87. The number of carbonyl (C=O) groups excluding carboxylic acids is 1. The molecule has 1 saturated heterocycles. The Hall–Kier alpha value is -1.67. The van der Waals surface area contributed by atoms with Crippen molar-refractivity contribution in [1.29, 1.82) is 0 Å². The van der Waals surface area contributed by atoms with Gasteiger partial charge >= 0.3 is 6.18 Å². The predicted molar refractivity (Wildman–Crippen MR) is 66.2 cm³/mol. The van der Waals surface area contributed by atoms with E-state index in [1.807, 2.05) is 0 Å². The summed E-state index contributed by atoms with van der Waals surface area (Å²) >= 11 is 0. The Morgan fingerprint density at radius 1 is 1.38 bits per heavy atom. The lowest BCUT2D eigenvalue weighted by atomic mass is 10.1. The second kappa shape index (κ2) is 5.61. The molecule has 1 aliphatic rings. The van der Waals surface area contributed by atoms with Gasteiger partial charge in [0, 0.05) is 20.1 Å². The maximum Gasteiger partial charge on any atom is 0.419 e. The molecule has 4 nitrogen and oxygen atoms in total. The van der Waals surface area contributed by atoms with E-state index in [1.54, 1.807) is 0 Å². The van der Waals surface area contributed by atoms with Gasteiger partial charge in [0.25, 0.3) is 5.91 Å². The minimum absolute atomic E-state index is 0.271. The lowest BCUT2D eigenvalue weighted by molar-refractivity contribution is -0.140. The Morgan fingerprint density at radius 2 is 2.05 bits per heavy atom. The molecule has 1 aromatic rings. The third-order valence-corrected chi connectivity index (χ3v) is 3.50. The molecular formula is C13H14F4N2O2. The molecule has 1 heterocycles. The van der Waals surface area contributed by atoms with Crippen molar-refractivity contribution in [2.45, 2.75) is 18.3 Å². The molecule has 0 aliphatic carbocycles. The number of rotatable bonds is 2. The molecule has 0 unspecified atom stereocenters. The lowest BCUT2D eigenvalue weighted by Gasteiger charge is -2.26. The molecule has 1 aliphatic heterocycles. The zero-order valence-corrected chi connectivity index (χ0v) is 11.1. The van der Waals surface area contributed by atoms with Crippen molar-refractivity contribution in [2.24, 2.45) is 0 Å². The maximum absolute atomic E-state index is 13.9. The minimum Gasteiger partial charge on any atom is -0.390 e. The topological polar surface area (TPSA) is 52.6 Å². The molecule has 0 aromatic heterocycles. The monoisotopic (exact) mass is 306 g/mol. The summed E-state index contributed by atoms with van der Waals surface area (Å²) in [6, 6.07) is 1.96. The quantitative estimate of drug-likeness (QED) is 0.809. The molecule has 116 valence electrons. The molecule has 1 amide bonds. The van der Waals surface area contributed by atoms with E-state index in [0.717, 1.165) is 17.0 Å². The normalized spacial score (nSPS) is 22.4. The molecule has 2 rings (SSSR count). The van der Waals surface area contributed by atoms with Gasteiger partial charge in [-0.3, -0.25) is 4.79 Å². The van der Waals surface area contributed by atoms with Crippen molar-refractivity contribution in [3.05, 3.63) is 35.1 Å². The fraction of sp³-hybridized carbons (Fsp3) is 0.462. The number of likely N-dealkylation sites (N-methyl/N-ethyl adjacent to an activating group) is 1. The van der Waals surface area contributed by atoms with Crippen molar-refractivity contribution < 1.29 is 27.5 Å². The number of carbonyl (C=O) groups is 1. The highest BCUT2D eigenvalue weighted by Crippen LogP contribution is 2.32. The van der Waals surface area contributed by atoms with Gasteiger partial charge in [-0.2, -0.15) is 13.2 Å². The smallest absolute Gasteiger partial charge is 0.390 e. The van der Waals surface area contributed by atoms with Crippen LogP contribution in [0.25, 0.3) is 0 Å². The number of β-amino-alcohol motifs (C(OH)–C–C–N with tert-alkyl or cyclic N) is 1. The van der Waals surface area contributed by atoms with Crippen molar-refractivity contribution in [1.82, 2.24) is 10.2 Å². The van der Waals surface area contributed by atoms with Crippen LogP contribution in [-0.4, -0.2) is 48.2 Å². The standard InChI is InChI=1S/C13H14F4N2O2/c1-19(9-5-18-6-10(9)20)12(21)7-3-2-4-8(11(7)14)13(15,16)17/h2-4,9-10,18,20H,5-6H2,1H3/t9-,10-/m0/s1. The van der Waals surface area contributed by atoms with Crippen molar-refractivity contribution >= 4 is 5.91 Å². The Morgan fingerprint density at radius 3 is 2.57 bits per heavy atom. The molecule has 21 heavy (non-hydrogen) atoms. The van der Waals surface area contributed by atoms with Gasteiger partial charge in [0.05, 0.1) is 23.3 Å². The summed E-state index contributed by atoms with van der Waals surface area (Å²) in [7, 11) is 1.32. The molecular weight excluding hydrogens is 292 g/mol. The first kappa shape index (κ1) is 15.7. The number of halogens is 4. The zero-order valence-electron chi connectivity index (χ0n) is 11.1. The van der Waals surface area contributed by atoms with E-state index in [4.69, 9.17) is 0 Å². The van der Waals surface area contributed by atoms with Crippen LogP contribution in [0.4, 0.5) is 17.6 Å². The number of aliphatic hydroxyl groups excluding tert-OH is 1. The van der Waals surface area contributed by atoms with Gasteiger partial charge in [0.2, 0.25) is 0 Å². The molecule has 0 spiro atoms. The maximum atomic E-state index is 13.9. The van der Waals surface area contributed by atoms with Crippen LogP contribution in [-0.2, 0) is 6.18 Å². The SMILES string of the molecule is CN(C(=O)c1cccc(C(F)(F)F)c1F)[C@H]1CNC[C@@H]1O. The average Bonchev–Trinajstić information content (AvgIpc) is 2.82. The first-order chi connectivity index (χ1) is 9.73. The highest BCUT2D eigenvalue weighted by Gasteiger charge is 2.37. The largest absolute Gasteiger partial charge is 0.419 e. The second-order valence-corrected chi connectivity index (χ2v) is 4.87. The van der Waals surface area contributed by atoms with E-state index in [2.05, 4.69) is 5.32 Å². The van der Waals surface area contributed by atoms with Crippen molar-refractivity contribution in [3.8, 4) is 0 Å². The molecule has 1 fully saturated rings. The van der Waals surface area contributed by atoms with Crippen LogP contribution < -0.4 is 5.32 Å². The Labute approximate surface area is 118 Å². The van der Waals surface area contributed by atoms with Crippen molar-refractivity contribution in [2.75, 3.05) is 20.1 Å². The van der Waals surface area contributed by atoms with Gasteiger partial charge in [0.1, 0.15) is 5.82 Å². The van der Waals surface area contributed by atoms with Crippen LogP contribution >= 0.6 is 0 Å². The number of hydrogen-bond acceptors (Lipinski definition) is 3. The summed E-state index contributed by atoms with van der Waals surface area (Å²) in [5.74, 6) is -2.49. The van der Waals surface area contributed by atoms with Gasteiger partial charge in [-0.15, -0.1) is 0 Å². The molecule has 2 atom stereocenters. The average molecular weight is 306 g/mol. The first-order valence-corrected chi connectivity index (χ1v) is 6.25. The zero-order chi connectivity index (χ0) is 15.8. The lowest BCUT2D eigenvalue weighted by Crippen LogP contribution is -2.44. The molecule has 8 heteroatoms. The number of benzene rings is 1. The Bertz CT molecular complexity index is 547. The summed E-state index contributed by atoms with van der Waals surface area (Å²) < 4.78 is 51.8. The summed E-state index contributed by atoms with van der Waals surface area (Å²) in [6.45, 7) is 0.567. The van der Waals surface area contributed by atoms with Gasteiger partial charge in [0.15, 0.2) is 0 Å². The van der Waals surface area contributed by atoms with Gasteiger partial charge in [-0.25, -0.2) is 4.39 Å². The van der Waals surface area contributed by atoms with Crippen LogP contribution in [0.2, 0.25) is 0 Å². The van der Waals surface area contributed by atoms with E-state index >= 15 is 0 Å². The van der Waals surface area contributed by atoms with Gasteiger partial charge in [-0.1, -0.05) is 6.07 Å². The van der Waals surface area contributed by atoms with Crippen LogP contribution in [0.15, 0.2) is 18.2 Å². The van der Waals surface area contributed by atoms with E-state index in [0.29, 0.717) is 12.6 Å². The highest BCUT2D eigenvalue weighted by atomic mass is 19.4. The summed E-state index contributed by atoms with van der Waals surface area (Å²) in [5, 5.41) is 12.5. The third-order valence-electron chi connectivity index (χ3n) is 3.50. The first-order valence-electron chi connectivity index (χ1n) is 6.25.